The summed E-state index contributed by atoms with van der Waals surface area (Å²) in [7, 11) is 0. The Labute approximate surface area is 130 Å². The van der Waals surface area contributed by atoms with Crippen molar-refractivity contribution in [1.82, 2.24) is 9.78 Å². The van der Waals surface area contributed by atoms with Gasteiger partial charge in [-0.15, -0.1) is 11.3 Å². The lowest BCUT2D eigenvalue weighted by Crippen LogP contribution is -2.31. The van der Waals surface area contributed by atoms with Crippen LogP contribution in [0.1, 0.15) is 17.8 Å². The summed E-state index contributed by atoms with van der Waals surface area (Å²) in [6, 6.07) is 3.74. The van der Waals surface area contributed by atoms with E-state index in [0.717, 1.165) is 4.88 Å². The van der Waals surface area contributed by atoms with Crippen LogP contribution in [0.5, 0.6) is 0 Å². The minimum atomic E-state index is -4.49. The average Bonchev–Trinajstić information content (AvgIpc) is 2.91. The normalized spacial score (nSPS) is 13.2. The first-order valence-electron chi connectivity index (χ1n) is 5.90. The third-order valence-corrected chi connectivity index (χ3v) is 4.48. The molecule has 0 aromatic carbocycles. The number of thiophene rings is 1. The van der Waals surface area contributed by atoms with Crippen LogP contribution >= 0.6 is 27.3 Å². The molecule has 2 aromatic heterocycles. The van der Waals surface area contributed by atoms with Crippen molar-refractivity contribution in [2.45, 2.75) is 25.7 Å². The molecule has 9 heteroatoms. The molecule has 0 aliphatic heterocycles. The number of nitrogens with one attached hydrogen (secondary N) is 1. The van der Waals surface area contributed by atoms with Crippen molar-refractivity contribution in [1.29, 1.82) is 0 Å². The molecular formula is C12H11BrF3N3OS. The highest BCUT2D eigenvalue weighted by Crippen LogP contribution is 2.26. The molecular weight excluding hydrogens is 371 g/mol. The summed E-state index contributed by atoms with van der Waals surface area (Å²) in [5.41, 5.74) is -0.463. The molecule has 21 heavy (non-hydrogen) atoms. The zero-order valence-electron chi connectivity index (χ0n) is 10.8. The van der Waals surface area contributed by atoms with E-state index in [0.29, 0.717) is 10.4 Å². The largest absolute Gasteiger partial charge is 0.408 e. The molecule has 0 radical (unpaired) electrons. The van der Waals surface area contributed by atoms with E-state index in [4.69, 9.17) is 0 Å². The molecule has 1 unspecified atom stereocenters. The lowest BCUT2D eigenvalue weighted by molar-refractivity contribution is -0.143. The molecule has 0 fully saturated rings. The Morgan fingerprint density at radius 1 is 1.52 bits per heavy atom. The van der Waals surface area contributed by atoms with Crippen LogP contribution in [0.3, 0.4) is 0 Å². The number of halogens is 4. The Hall–Kier alpha value is -1.35. The second kappa shape index (κ2) is 6.18. The molecule has 2 rings (SSSR count). The average molecular weight is 382 g/mol. The van der Waals surface area contributed by atoms with E-state index >= 15 is 0 Å². The van der Waals surface area contributed by atoms with Gasteiger partial charge in [-0.25, -0.2) is 4.68 Å². The van der Waals surface area contributed by atoms with E-state index in [9.17, 15) is 18.0 Å². The fourth-order valence-electron chi connectivity index (χ4n) is 1.69. The monoisotopic (exact) mass is 381 g/mol. The van der Waals surface area contributed by atoms with E-state index in [1.807, 2.05) is 24.4 Å². The van der Waals surface area contributed by atoms with E-state index in [1.54, 1.807) is 11.3 Å². The van der Waals surface area contributed by atoms with Gasteiger partial charge in [0.15, 0.2) is 0 Å². The fourth-order valence-corrected chi connectivity index (χ4v) is 2.85. The highest BCUT2D eigenvalue weighted by molar-refractivity contribution is 9.10. The van der Waals surface area contributed by atoms with Gasteiger partial charge in [-0.1, -0.05) is 6.07 Å². The quantitative estimate of drug-likeness (QED) is 0.875. The van der Waals surface area contributed by atoms with Gasteiger partial charge in [0, 0.05) is 4.88 Å². The van der Waals surface area contributed by atoms with Crippen LogP contribution in [0.2, 0.25) is 0 Å². The Kier molecular flexibility index (Phi) is 4.72. The van der Waals surface area contributed by atoms with Crippen molar-refractivity contribution in [3.63, 3.8) is 0 Å². The molecule has 1 N–H and O–H groups in total. The van der Waals surface area contributed by atoms with Gasteiger partial charge in [0.05, 0.1) is 17.9 Å². The van der Waals surface area contributed by atoms with Crippen molar-refractivity contribution in [2.75, 3.05) is 5.32 Å². The SMILES string of the molecule is CC(Nc1cnn(CC(F)(F)F)c(=O)c1Br)c1cccs1. The zero-order chi connectivity index (χ0) is 15.6. The van der Waals surface area contributed by atoms with Gasteiger partial charge < -0.3 is 5.32 Å². The molecule has 0 bridgehead atoms. The lowest BCUT2D eigenvalue weighted by Gasteiger charge is -2.16. The highest BCUT2D eigenvalue weighted by atomic mass is 79.9. The van der Waals surface area contributed by atoms with Gasteiger partial charge in [-0.3, -0.25) is 4.79 Å². The third kappa shape index (κ3) is 4.07. The molecule has 0 saturated carbocycles. The van der Waals surface area contributed by atoms with Crippen molar-refractivity contribution >= 4 is 33.0 Å². The molecule has 0 saturated heterocycles. The van der Waals surface area contributed by atoms with Gasteiger partial charge in [0.25, 0.3) is 5.56 Å². The van der Waals surface area contributed by atoms with Gasteiger partial charge in [-0.05, 0) is 34.3 Å². The van der Waals surface area contributed by atoms with Gasteiger partial charge >= 0.3 is 6.18 Å². The van der Waals surface area contributed by atoms with Crippen molar-refractivity contribution < 1.29 is 13.2 Å². The van der Waals surface area contributed by atoms with Gasteiger partial charge in [0.2, 0.25) is 0 Å². The number of hydrogen-bond acceptors (Lipinski definition) is 4. The van der Waals surface area contributed by atoms with Gasteiger partial charge in [0.1, 0.15) is 11.0 Å². The second-order valence-electron chi connectivity index (χ2n) is 4.33. The summed E-state index contributed by atoms with van der Waals surface area (Å²) < 4.78 is 37.4. The smallest absolute Gasteiger partial charge is 0.375 e. The number of nitrogens with zero attached hydrogens (tertiary/aromatic N) is 2. The number of hydrogen-bond donors (Lipinski definition) is 1. The van der Waals surface area contributed by atoms with Crippen LogP contribution in [0.4, 0.5) is 18.9 Å². The second-order valence-corrected chi connectivity index (χ2v) is 6.10. The summed E-state index contributed by atoms with van der Waals surface area (Å²) in [6.07, 6.45) is -3.28. The van der Waals surface area contributed by atoms with E-state index in [2.05, 4.69) is 26.3 Å². The molecule has 0 amide bonds. The van der Waals surface area contributed by atoms with Crippen molar-refractivity contribution in [3.8, 4) is 0 Å². The van der Waals surface area contributed by atoms with E-state index in [-0.39, 0.29) is 10.5 Å². The van der Waals surface area contributed by atoms with Crippen LogP contribution in [0, 0.1) is 0 Å². The minimum absolute atomic E-state index is 0.0326. The van der Waals surface area contributed by atoms with Crippen molar-refractivity contribution in [3.05, 3.63) is 43.4 Å². The number of anilines is 1. The molecule has 114 valence electrons. The predicted octanol–water partition coefficient (Wildman–Crippen LogP) is 3.80. The number of rotatable bonds is 4. The molecule has 0 aliphatic rings. The number of alkyl halides is 3. The molecule has 4 nitrogen and oxygen atoms in total. The zero-order valence-corrected chi connectivity index (χ0v) is 13.2. The first-order valence-corrected chi connectivity index (χ1v) is 7.57. The van der Waals surface area contributed by atoms with Gasteiger partial charge in [-0.2, -0.15) is 18.3 Å². The lowest BCUT2D eigenvalue weighted by atomic mass is 10.2. The van der Waals surface area contributed by atoms with E-state index in [1.165, 1.54) is 6.20 Å². The summed E-state index contributed by atoms with van der Waals surface area (Å²) >= 11 is 4.57. The van der Waals surface area contributed by atoms with Crippen LogP contribution in [-0.4, -0.2) is 16.0 Å². The Balaban J connectivity index is 2.23. The summed E-state index contributed by atoms with van der Waals surface area (Å²) in [5, 5.41) is 8.52. The fraction of sp³-hybridized carbons (Fsp3) is 0.333. The molecule has 0 spiro atoms. The Bertz CT molecular complexity index is 669. The summed E-state index contributed by atoms with van der Waals surface area (Å²) in [4.78, 5) is 12.9. The van der Waals surface area contributed by atoms with Crippen LogP contribution in [0.15, 0.2) is 33.0 Å². The molecule has 2 aromatic rings. The summed E-state index contributed by atoms with van der Waals surface area (Å²) in [6.45, 7) is 0.477. The van der Waals surface area contributed by atoms with Crippen LogP contribution in [-0.2, 0) is 6.54 Å². The summed E-state index contributed by atoms with van der Waals surface area (Å²) in [5.74, 6) is 0. The molecule has 0 aliphatic carbocycles. The van der Waals surface area contributed by atoms with Crippen LogP contribution in [0.25, 0.3) is 0 Å². The minimum Gasteiger partial charge on any atom is -0.375 e. The van der Waals surface area contributed by atoms with E-state index < -0.39 is 18.3 Å². The highest BCUT2D eigenvalue weighted by Gasteiger charge is 2.29. The predicted molar refractivity (Wildman–Crippen MR) is 78.6 cm³/mol. The van der Waals surface area contributed by atoms with Crippen molar-refractivity contribution in [2.24, 2.45) is 0 Å². The Morgan fingerprint density at radius 3 is 2.81 bits per heavy atom. The Morgan fingerprint density at radius 2 is 2.24 bits per heavy atom. The standard InChI is InChI=1S/C12H11BrF3N3OS/c1-7(9-3-2-4-21-9)18-8-5-17-19(6-12(14,15)16)11(20)10(8)13/h2-5,7,18H,6H2,1H3. The first kappa shape index (κ1) is 16.0. The maximum Gasteiger partial charge on any atom is 0.408 e. The first-order chi connectivity index (χ1) is 9.78. The maximum atomic E-state index is 12.3. The molecule has 2 heterocycles. The molecule has 1 atom stereocenters. The maximum absolute atomic E-state index is 12.3. The third-order valence-electron chi connectivity index (χ3n) is 2.66. The number of aromatic nitrogens is 2. The van der Waals surface area contributed by atoms with Crippen LogP contribution < -0.4 is 10.9 Å². The topological polar surface area (TPSA) is 46.9 Å².